The molecule has 0 saturated heterocycles. The standard InChI is InChI=1S/C38H70N8O16/c1-31(47)41-4-6-43-37(49)33-35(39)46-34(36(40)45-33)38(50)44-7-5-42-32(48)3-8-52-11-12-54-15-16-56-19-20-58-23-24-60-27-28-62-30-29-61-26-25-59-22-21-57-18-17-55-14-13-53-10-9-51-2/h3-30H2,1-2H3,(H2,39,46)(H2,40,45)(H,41,47)(H,42,48)(H,43,49)(H,44,50). The van der Waals surface area contributed by atoms with Crippen molar-refractivity contribution in [2.75, 3.05) is 197 Å². The molecule has 0 aromatic carbocycles. The van der Waals surface area contributed by atoms with Crippen LogP contribution in [0.2, 0.25) is 0 Å². The Bertz CT molecular complexity index is 1310. The van der Waals surface area contributed by atoms with Gasteiger partial charge in [-0.25, -0.2) is 9.97 Å². The number of nitrogens with two attached hydrogens (primary N) is 2. The number of carbonyl (C=O) groups excluding carboxylic acids is 4. The maximum Gasteiger partial charge on any atom is 0.273 e. The van der Waals surface area contributed by atoms with Crippen LogP contribution in [0, 0.1) is 0 Å². The molecule has 0 aliphatic carbocycles. The Morgan fingerprint density at radius 1 is 0.403 bits per heavy atom. The Kier molecular flexibility index (Phi) is 37.2. The molecule has 1 aromatic rings. The van der Waals surface area contributed by atoms with Crippen molar-refractivity contribution >= 4 is 35.3 Å². The third kappa shape index (κ3) is 33.7. The van der Waals surface area contributed by atoms with E-state index in [2.05, 4.69) is 31.2 Å². The Balaban J connectivity index is 1.81. The first-order valence-electron chi connectivity index (χ1n) is 20.6. The number of hydrogen-bond acceptors (Lipinski definition) is 20. The zero-order chi connectivity index (χ0) is 45.1. The number of methoxy groups -OCH3 is 1. The van der Waals surface area contributed by atoms with Crippen molar-refractivity contribution in [2.24, 2.45) is 0 Å². The topological polar surface area (TPSA) is 305 Å². The average Bonchev–Trinajstić information content (AvgIpc) is 3.25. The first-order valence-corrected chi connectivity index (χ1v) is 20.6. The van der Waals surface area contributed by atoms with Gasteiger partial charge in [-0.2, -0.15) is 0 Å². The van der Waals surface area contributed by atoms with Crippen molar-refractivity contribution in [1.82, 2.24) is 31.2 Å². The fraction of sp³-hybridized carbons (Fsp3) is 0.789. The highest BCUT2D eigenvalue weighted by Crippen LogP contribution is 2.13. The molecule has 0 aliphatic heterocycles. The normalized spacial score (nSPS) is 11.1. The van der Waals surface area contributed by atoms with E-state index >= 15 is 0 Å². The SMILES string of the molecule is COCCOCCOCCOCCOCCOCCOCCOCCOCCOCCOCCOCCC(=O)NCCNC(=O)c1nc(N)c(C(=O)NCCNC(C)=O)nc1N. The van der Waals surface area contributed by atoms with Gasteiger partial charge in [-0.05, 0) is 0 Å². The number of nitrogen functional groups attached to an aromatic ring is 2. The number of amides is 4. The second kappa shape index (κ2) is 41.1. The summed E-state index contributed by atoms with van der Waals surface area (Å²) >= 11 is 0. The summed E-state index contributed by atoms with van der Waals surface area (Å²) in [5.74, 6) is -2.44. The average molecular weight is 895 g/mol. The smallest absolute Gasteiger partial charge is 0.273 e. The molecular weight excluding hydrogens is 824 g/mol. The Morgan fingerprint density at radius 2 is 0.661 bits per heavy atom. The molecule has 1 heterocycles. The molecule has 1 rings (SSSR count). The number of nitrogens with zero attached hydrogens (tertiary/aromatic N) is 2. The van der Waals surface area contributed by atoms with Crippen molar-refractivity contribution < 1.29 is 76.0 Å². The van der Waals surface area contributed by atoms with Crippen molar-refractivity contribution in [3.8, 4) is 0 Å². The first kappa shape index (κ1) is 56.1. The number of hydrogen-bond donors (Lipinski definition) is 6. The maximum absolute atomic E-state index is 12.5. The van der Waals surface area contributed by atoms with Crippen LogP contribution < -0.4 is 32.7 Å². The summed E-state index contributed by atoms with van der Waals surface area (Å²) in [6.45, 7) is 12.4. The molecule has 0 unspecified atom stereocenters. The molecule has 0 fully saturated rings. The summed E-state index contributed by atoms with van der Waals surface area (Å²) in [6.07, 6.45) is 0.121. The number of anilines is 2. The van der Waals surface area contributed by atoms with Gasteiger partial charge in [0.15, 0.2) is 23.0 Å². The summed E-state index contributed by atoms with van der Waals surface area (Å²) in [7, 11) is 1.64. The minimum absolute atomic E-state index is 0.0749. The molecule has 8 N–H and O–H groups in total. The summed E-state index contributed by atoms with van der Waals surface area (Å²) in [6, 6.07) is 0. The van der Waals surface area contributed by atoms with Gasteiger partial charge in [0, 0.05) is 46.6 Å². The van der Waals surface area contributed by atoms with E-state index < -0.39 is 11.8 Å². The lowest BCUT2D eigenvalue weighted by Gasteiger charge is -2.11. The van der Waals surface area contributed by atoms with Crippen LogP contribution in [0.1, 0.15) is 34.3 Å². The van der Waals surface area contributed by atoms with Gasteiger partial charge in [-0.15, -0.1) is 0 Å². The van der Waals surface area contributed by atoms with Gasteiger partial charge in [0.25, 0.3) is 11.8 Å². The molecule has 62 heavy (non-hydrogen) atoms. The lowest BCUT2D eigenvalue weighted by atomic mass is 10.3. The van der Waals surface area contributed by atoms with Crippen LogP contribution in [0.15, 0.2) is 0 Å². The highest BCUT2D eigenvalue weighted by molar-refractivity contribution is 6.00. The fourth-order valence-electron chi connectivity index (χ4n) is 4.45. The Labute approximate surface area is 363 Å². The van der Waals surface area contributed by atoms with Gasteiger partial charge in [-0.3, -0.25) is 19.2 Å². The minimum atomic E-state index is -0.679. The van der Waals surface area contributed by atoms with Gasteiger partial charge < -0.3 is 89.6 Å². The molecule has 1 aromatic heterocycles. The fourth-order valence-corrected chi connectivity index (χ4v) is 4.45. The van der Waals surface area contributed by atoms with Crippen LogP contribution in [-0.2, 0) is 66.4 Å². The van der Waals surface area contributed by atoms with E-state index in [4.69, 9.17) is 68.3 Å². The van der Waals surface area contributed by atoms with E-state index in [0.717, 1.165) is 0 Å². The third-order valence-corrected chi connectivity index (χ3v) is 7.52. The molecular formula is C38H70N8O16. The molecule has 0 aliphatic rings. The van der Waals surface area contributed by atoms with Gasteiger partial charge in [0.2, 0.25) is 11.8 Å². The Hall–Kier alpha value is -3.92. The van der Waals surface area contributed by atoms with E-state index in [9.17, 15) is 19.2 Å². The zero-order valence-electron chi connectivity index (χ0n) is 36.4. The van der Waals surface area contributed by atoms with E-state index in [0.29, 0.717) is 145 Å². The highest BCUT2D eigenvalue weighted by atomic mass is 16.6. The van der Waals surface area contributed by atoms with Crippen LogP contribution in [0.5, 0.6) is 0 Å². The van der Waals surface area contributed by atoms with Crippen molar-refractivity contribution in [1.29, 1.82) is 0 Å². The number of aromatic nitrogens is 2. The summed E-state index contributed by atoms with van der Waals surface area (Å²) < 4.78 is 64.7. The molecule has 0 atom stereocenters. The molecule has 4 amide bonds. The van der Waals surface area contributed by atoms with Crippen molar-refractivity contribution in [3.05, 3.63) is 11.4 Å². The van der Waals surface area contributed by atoms with Crippen molar-refractivity contribution in [3.63, 3.8) is 0 Å². The predicted molar refractivity (Wildman–Crippen MR) is 223 cm³/mol. The second-order valence-corrected chi connectivity index (χ2v) is 12.5. The van der Waals surface area contributed by atoms with Crippen LogP contribution in [-0.4, -0.2) is 219 Å². The van der Waals surface area contributed by atoms with Gasteiger partial charge >= 0.3 is 0 Å². The minimum Gasteiger partial charge on any atom is -0.382 e. The van der Waals surface area contributed by atoms with Crippen LogP contribution in [0.4, 0.5) is 11.6 Å². The molecule has 358 valence electrons. The molecule has 0 spiro atoms. The van der Waals surface area contributed by atoms with Gasteiger partial charge in [0.05, 0.1) is 152 Å². The largest absolute Gasteiger partial charge is 0.382 e. The summed E-state index contributed by atoms with van der Waals surface area (Å²) in [5, 5.41) is 10.2. The second-order valence-electron chi connectivity index (χ2n) is 12.5. The lowest BCUT2D eigenvalue weighted by Crippen LogP contribution is -2.36. The number of ether oxygens (including phenoxy) is 12. The van der Waals surface area contributed by atoms with E-state index in [1.807, 2.05) is 0 Å². The molecule has 0 bridgehead atoms. The summed E-state index contributed by atoms with van der Waals surface area (Å²) in [4.78, 5) is 55.5. The van der Waals surface area contributed by atoms with E-state index in [1.165, 1.54) is 6.92 Å². The Morgan fingerprint density at radius 3 is 0.952 bits per heavy atom. The van der Waals surface area contributed by atoms with Gasteiger partial charge in [-0.1, -0.05) is 0 Å². The molecule has 0 saturated carbocycles. The van der Waals surface area contributed by atoms with Gasteiger partial charge in [0.1, 0.15) is 0 Å². The monoisotopic (exact) mass is 894 g/mol. The van der Waals surface area contributed by atoms with Crippen LogP contribution in [0.3, 0.4) is 0 Å². The number of nitrogens with one attached hydrogen (secondary N) is 4. The van der Waals surface area contributed by atoms with Crippen LogP contribution in [0.25, 0.3) is 0 Å². The highest BCUT2D eigenvalue weighted by Gasteiger charge is 2.20. The van der Waals surface area contributed by atoms with E-state index in [-0.39, 0.29) is 74.0 Å². The maximum atomic E-state index is 12.5. The van der Waals surface area contributed by atoms with Crippen molar-refractivity contribution in [2.45, 2.75) is 13.3 Å². The quantitative estimate of drug-likeness (QED) is 0.0371. The lowest BCUT2D eigenvalue weighted by molar-refractivity contribution is -0.122. The number of rotatable bonds is 44. The first-order chi connectivity index (χ1) is 30.3. The summed E-state index contributed by atoms with van der Waals surface area (Å²) in [5.41, 5.74) is 11.1. The van der Waals surface area contributed by atoms with Crippen LogP contribution >= 0.6 is 0 Å². The number of carbonyl (C=O) groups is 4. The molecule has 0 radical (unpaired) electrons. The third-order valence-electron chi connectivity index (χ3n) is 7.52. The molecule has 24 heteroatoms. The zero-order valence-corrected chi connectivity index (χ0v) is 36.4. The molecule has 24 nitrogen and oxygen atoms in total. The predicted octanol–water partition coefficient (Wildman–Crippen LogP) is -2.43. The van der Waals surface area contributed by atoms with E-state index in [1.54, 1.807) is 7.11 Å².